The van der Waals surface area contributed by atoms with Crippen LogP contribution in [0.1, 0.15) is 36.2 Å². The van der Waals surface area contributed by atoms with Crippen LogP contribution in [-0.2, 0) is 10.2 Å². The topological polar surface area (TPSA) is 64.8 Å². The highest BCUT2D eigenvalue weighted by Gasteiger charge is 2.33. The summed E-state index contributed by atoms with van der Waals surface area (Å²) in [5.41, 5.74) is 7.48. The van der Waals surface area contributed by atoms with E-state index in [0.717, 1.165) is 23.3 Å². The first-order chi connectivity index (χ1) is 10.5. The van der Waals surface area contributed by atoms with E-state index in [0.29, 0.717) is 32.8 Å². The minimum Gasteiger partial charge on any atom is -0.492 e. The summed E-state index contributed by atoms with van der Waals surface area (Å²) in [5, 5.41) is 0. The molecule has 3 rings (SSSR count). The predicted octanol–water partition coefficient (Wildman–Crippen LogP) is 1.55. The average Bonchev–Trinajstić information content (AvgIpc) is 2.70. The van der Waals surface area contributed by atoms with Gasteiger partial charge in [-0.1, -0.05) is 13.8 Å². The molecule has 2 aliphatic heterocycles. The third-order valence-electron chi connectivity index (χ3n) is 4.44. The van der Waals surface area contributed by atoms with Gasteiger partial charge in [-0.15, -0.1) is 0 Å². The first-order valence-electron chi connectivity index (χ1n) is 7.89. The Morgan fingerprint density at radius 2 is 2.27 bits per heavy atom. The summed E-state index contributed by atoms with van der Waals surface area (Å²) in [4.78, 5) is 14.7. The molecule has 0 saturated carbocycles. The Morgan fingerprint density at radius 3 is 3.05 bits per heavy atom. The number of ether oxygens (including phenoxy) is 2. The number of benzene rings is 1. The van der Waals surface area contributed by atoms with Gasteiger partial charge >= 0.3 is 0 Å². The summed E-state index contributed by atoms with van der Waals surface area (Å²) >= 11 is 0. The molecular weight excluding hydrogens is 280 g/mol. The van der Waals surface area contributed by atoms with Crippen LogP contribution >= 0.6 is 0 Å². The SMILES string of the molecule is CC1(C)COc2ccc(C(=O)N3CCCOC(CN)C3)cc21. The highest BCUT2D eigenvalue weighted by atomic mass is 16.5. The molecule has 1 saturated heterocycles. The zero-order valence-electron chi connectivity index (χ0n) is 13.3. The normalized spacial score (nSPS) is 23.6. The molecule has 1 amide bonds. The molecule has 5 heteroatoms. The highest BCUT2D eigenvalue weighted by Crippen LogP contribution is 2.38. The van der Waals surface area contributed by atoms with Crippen molar-refractivity contribution in [2.24, 2.45) is 5.73 Å². The average molecular weight is 304 g/mol. The molecule has 0 bridgehead atoms. The van der Waals surface area contributed by atoms with Gasteiger partial charge in [-0.3, -0.25) is 4.79 Å². The van der Waals surface area contributed by atoms with Gasteiger partial charge in [0.1, 0.15) is 5.75 Å². The van der Waals surface area contributed by atoms with Gasteiger partial charge in [-0.2, -0.15) is 0 Å². The molecule has 0 aromatic heterocycles. The monoisotopic (exact) mass is 304 g/mol. The fourth-order valence-corrected chi connectivity index (χ4v) is 3.06. The first kappa shape index (κ1) is 15.3. The Bertz CT molecular complexity index is 571. The van der Waals surface area contributed by atoms with Crippen molar-refractivity contribution in [3.8, 4) is 5.75 Å². The molecule has 5 nitrogen and oxygen atoms in total. The number of fused-ring (bicyclic) bond motifs is 1. The molecule has 22 heavy (non-hydrogen) atoms. The maximum absolute atomic E-state index is 12.8. The molecule has 0 aliphatic carbocycles. The number of carbonyl (C=O) groups is 1. The summed E-state index contributed by atoms with van der Waals surface area (Å²) in [6.07, 6.45) is 0.780. The lowest BCUT2D eigenvalue weighted by Crippen LogP contribution is -2.39. The van der Waals surface area contributed by atoms with E-state index < -0.39 is 0 Å². The zero-order chi connectivity index (χ0) is 15.7. The summed E-state index contributed by atoms with van der Waals surface area (Å²) in [7, 11) is 0. The van der Waals surface area contributed by atoms with Gasteiger partial charge in [0.15, 0.2) is 0 Å². The van der Waals surface area contributed by atoms with Gasteiger partial charge in [-0.05, 0) is 24.6 Å². The number of nitrogens with zero attached hydrogens (tertiary/aromatic N) is 1. The smallest absolute Gasteiger partial charge is 0.253 e. The second-order valence-electron chi connectivity index (χ2n) is 6.72. The molecule has 2 aliphatic rings. The molecule has 2 N–H and O–H groups in total. The van der Waals surface area contributed by atoms with E-state index >= 15 is 0 Å². The Balaban J connectivity index is 1.83. The molecule has 1 unspecified atom stereocenters. The Kier molecular flexibility index (Phi) is 4.10. The van der Waals surface area contributed by atoms with Gasteiger partial charge in [0.25, 0.3) is 5.91 Å². The number of nitrogens with two attached hydrogens (primary N) is 1. The second kappa shape index (κ2) is 5.89. The zero-order valence-corrected chi connectivity index (χ0v) is 13.3. The minimum atomic E-state index is -0.0688. The molecule has 1 aromatic carbocycles. The van der Waals surface area contributed by atoms with Crippen LogP contribution in [0.2, 0.25) is 0 Å². The molecule has 0 radical (unpaired) electrons. The van der Waals surface area contributed by atoms with Crippen LogP contribution in [0, 0.1) is 0 Å². The van der Waals surface area contributed by atoms with E-state index in [2.05, 4.69) is 13.8 Å². The third kappa shape index (κ3) is 2.83. The van der Waals surface area contributed by atoms with E-state index in [1.165, 1.54) is 0 Å². The van der Waals surface area contributed by atoms with Crippen LogP contribution < -0.4 is 10.5 Å². The Hall–Kier alpha value is -1.59. The molecule has 2 heterocycles. The van der Waals surface area contributed by atoms with Crippen LogP contribution in [0.5, 0.6) is 5.75 Å². The maximum atomic E-state index is 12.8. The lowest BCUT2D eigenvalue weighted by atomic mass is 9.86. The van der Waals surface area contributed by atoms with Crippen LogP contribution in [0.4, 0.5) is 0 Å². The quantitative estimate of drug-likeness (QED) is 0.900. The summed E-state index contributed by atoms with van der Waals surface area (Å²) < 4.78 is 11.3. The number of hydrogen-bond acceptors (Lipinski definition) is 4. The number of carbonyl (C=O) groups excluding carboxylic acids is 1. The standard InChI is InChI=1S/C17H24N2O3/c1-17(2)11-22-15-5-4-12(8-14(15)17)16(20)19-6-3-7-21-13(9-18)10-19/h4-5,8,13H,3,6-7,9-11,18H2,1-2H3. The van der Waals surface area contributed by atoms with Crippen molar-refractivity contribution >= 4 is 5.91 Å². The number of hydrogen-bond donors (Lipinski definition) is 1. The number of amides is 1. The van der Waals surface area contributed by atoms with Gasteiger partial charge in [0.2, 0.25) is 0 Å². The third-order valence-corrected chi connectivity index (χ3v) is 4.44. The Labute approximate surface area is 131 Å². The van der Waals surface area contributed by atoms with E-state index in [1.54, 1.807) is 0 Å². The van der Waals surface area contributed by atoms with Crippen molar-refractivity contribution in [2.75, 3.05) is 32.8 Å². The van der Waals surface area contributed by atoms with Gasteiger partial charge in [0, 0.05) is 42.8 Å². The van der Waals surface area contributed by atoms with E-state index in [-0.39, 0.29) is 17.4 Å². The predicted molar refractivity (Wildman–Crippen MR) is 84.3 cm³/mol. The van der Waals surface area contributed by atoms with Crippen LogP contribution in [-0.4, -0.2) is 49.8 Å². The van der Waals surface area contributed by atoms with Gasteiger partial charge in [0.05, 0.1) is 12.7 Å². The molecule has 120 valence electrons. The van der Waals surface area contributed by atoms with E-state index in [9.17, 15) is 4.79 Å². The first-order valence-corrected chi connectivity index (χ1v) is 7.89. The summed E-state index contributed by atoms with van der Waals surface area (Å²) in [6, 6.07) is 5.74. The molecular formula is C17H24N2O3. The minimum absolute atomic E-state index is 0.0483. The fourth-order valence-electron chi connectivity index (χ4n) is 3.06. The highest BCUT2D eigenvalue weighted by molar-refractivity contribution is 5.94. The Morgan fingerprint density at radius 1 is 1.45 bits per heavy atom. The second-order valence-corrected chi connectivity index (χ2v) is 6.72. The van der Waals surface area contributed by atoms with Crippen LogP contribution in [0.15, 0.2) is 18.2 Å². The maximum Gasteiger partial charge on any atom is 0.253 e. The van der Waals surface area contributed by atoms with Crippen molar-refractivity contribution in [2.45, 2.75) is 31.8 Å². The van der Waals surface area contributed by atoms with Crippen LogP contribution in [0.3, 0.4) is 0 Å². The summed E-state index contributed by atoms with van der Waals surface area (Å²) in [6.45, 7) is 7.31. The van der Waals surface area contributed by atoms with Crippen molar-refractivity contribution in [1.82, 2.24) is 4.90 Å². The lowest BCUT2D eigenvalue weighted by Gasteiger charge is -2.24. The summed E-state index contributed by atoms with van der Waals surface area (Å²) in [5.74, 6) is 0.940. The molecule has 1 aromatic rings. The van der Waals surface area contributed by atoms with Crippen molar-refractivity contribution in [3.63, 3.8) is 0 Å². The van der Waals surface area contributed by atoms with Gasteiger partial charge in [-0.25, -0.2) is 0 Å². The van der Waals surface area contributed by atoms with Crippen molar-refractivity contribution in [3.05, 3.63) is 29.3 Å². The van der Waals surface area contributed by atoms with Crippen molar-refractivity contribution < 1.29 is 14.3 Å². The molecule has 1 fully saturated rings. The fraction of sp³-hybridized carbons (Fsp3) is 0.588. The van der Waals surface area contributed by atoms with E-state index in [4.69, 9.17) is 15.2 Å². The van der Waals surface area contributed by atoms with E-state index in [1.807, 2.05) is 23.1 Å². The van der Waals surface area contributed by atoms with Crippen molar-refractivity contribution in [1.29, 1.82) is 0 Å². The van der Waals surface area contributed by atoms with Gasteiger partial charge < -0.3 is 20.1 Å². The molecule has 0 spiro atoms. The molecule has 1 atom stereocenters. The van der Waals surface area contributed by atoms with Crippen LogP contribution in [0.25, 0.3) is 0 Å². The largest absolute Gasteiger partial charge is 0.492 e. The number of rotatable bonds is 2. The lowest BCUT2D eigenvalue weighted by molar-refractivity contribution is 0.0520.